The van der Waals surface area contributed by atoms with Crippen molar-refractivity contribution >= 4 is 15.9 Å². The van der Waals surface area contributed by atoms with E-state index >= 15 is 0 Å². The van der Waals surface area contributed by atoms with Gasteiger partial charge in [0.25, 0.3) is 0 Å². The van der Waals surface area contributed by atoms with Crippen LogP contribution in [-0.4, -0.2) is 20.8 Å². The Morgan fingerprint density at radius 3 is 2.65 bits per heavy atom. The summed E-state index contributed by atoms with van der Waals surface area (Å²) in [6.45, 7) is 2.11. The lowest BCUT2D eigenvalue weighted by atomic mass is 10.0. The van der Waals surface area contributed by atoms with Crippen molar-refractivity contribution in [2.75, 3.05) is 0 Å². The van der Waals surface area contributed by atoms with Crippen LogP contribution in [0.15, 0.2) is 29.0 Å². The highest BCUT2D eigenvalue weighted by molar-refractivity contribution is 9.10. The lowest BCUT2D eigenvalue weighted by Gasteiger charge is -2.12. The van der Waals surface area contributed by atoms with E-state index in [-0.39, 0.29) is 6.04 Å². The van der Waals surface area contributed by atoms with E-state index in [1.165, 1.54) is 11.3 Å². The van der Waals surface area contributed by atoms with Crippen molar-refractivity contribution in [2.45, 2.75) is 38.6 Å². The predicted octanol–water partition coefficient (Wildman–Crippen LogP) is 2.64. The van der Waals surface area contributed by atoms with Gasteiger partial charge in [-0.2, -0.15) is 5.10 Å². The van der Waals surface area contributed by atoms with Gasteiger partial charge in [-0.3, -0.25) is 9.67 Å². The molecule has 0 saturated heterocycles. The summed E-state index contributed by atoms with van der Waals surface area (Å²) >= 11 is 3.64. The van der Waals surface area contributed by atoms with Crippen LogP contribution in [0.3, 0.4) is 0 Å². The molecule has 20 heavy (non-hydrogen) atoms. The Morgan fingerprint density at radius 2 is 2.05 bits per heavy atom. The summed E-state index contributed by atoms with van der Waals surface area (Å²) in [5.41, 5.74) is 9.84. The number of rotatable bonds is 6. The monoisotopic (exact) mass is 336 g/mol. The van der Waals surface area contributed by atoms with Crippen LogP contribution in [0, 0.1) is 0 Å². The first-order chi connectivity index (χ1) is 9.61. The molecule has 0 radical (unpaired) electrons. The molecule has 1 unspecified atom stereocenters. The minimum absolute atomic E-state index is 0.138. The number of hydrogen-bond acceptors (Lipinski definition) is 3. The molecule has 0 aliphatic carbocycles. The average molecular weight is 337 g/mol. The van der Waals surface area contributed by atoms with Crippen LogP contribution < -0.4 is 5.73 Å². The molecule has 1 atom stereocenters. The molecule has 0 aliphatic heterocycles. The molecule has 2 heterocycles. The Hall–Kier alpha value is -1.20. The van der Waals surface area contributed by atoms with E-state index in [0.717, 1.165) is 35.8 Å². The molecule has 108 valence electrons. The topological polar surface area (TPSA) is 56.7 Å². The van der Waals surface area contributed by atoms with Crippen LogP contribution in [0.25, 0.3) is 0 Å². The highest BCUT2D eigenvalue weighted by Crippen LogP contribution is 2.23. The van der Waals surface area contributed by atoms with Crippen LogP contribution in [0.2, 0.25) is 0 Å². The molecule has 0 amide bonds. The van der Waals surface area contributed by atoms with Crippen LogP contribution in [0.1, 0.15) is 30.3 Å². The first-order valence-corrected chi connectivity index (χ1v) is 7.75. The van der Waals surface area contributed by atoms with Gasteiger partial charge in [0, 0.05) is 31.9 Å². The Morgan fingerprint density at radius 1 is 1.35 bits per heavy atom. The third-order valence-corrected chi connectivity index (χ3v) is 4.43. The van der Waals surface area contributed by atoms with E-state index in [2.05, 4.69) is 32.9 Å². The van der Waals surface area contributed by atoms with Crippen molar-refractivity contribution in [1.29, 1.82) is 0 Å². The van der Waals surface area contributed by atoms with Crippen molar-refractivity contribution < 1.29 is 0 Å². The SMILES string of the molecule is CCc1nn(C)c(CC(N)CCc2ccncc2)c1Br. The quantitative estimate of drug-likeness (QED) is 0.882. The van der Waals surface area contributed by atoms with Crippen molar-refractivity contribution in [2.24, 2.45) is 12.8 Å². The second-order valence-electron chi connectivity index (χ2n) is 5.04. The Kier molecular flexibility index (Phi) is 5.31. The molecule has 5 heteroatoms. The van der Waals surface area contributed by atoms with Crippen molar-refractivity contribution in [3.63, 3.8) is 0 Å². The molecule has 0 saturated carbocycles. The predicted molar refractivity (Wildman–Crippen MR) is 84.5 cm³/mol. The summed E-state index contributed by atoms with van der Waals surface area (Å²) < 4.78 is 3.05. The van der Waals surface area contributed by atoms with E-state index in [0.29, 0.717) is 0 Å². The van der Waals surface area contributed by atoms with Crippen molar-refractivity contribution in [3.8, 4) is 0 Å². The summed E-state index contributed by atoms with van der Waals surface area (Å²) in [6, 6.07) is 4.23. The maximum atomic E-state index is 6.26. The van der Waals surface area contributed by atoms with Crippen LogP contribution in [0.4, 0.5) is 0 Å². The van der Waals surface area contributed by atoms with Crippen LogP contribution in [-0.2, 0) is 26.3 Å². The number of aromatic nitrogens is 3. The van der Waals surface area contributed by atoms with Crippen LogP contribution >= 0.6 is 15.9 Å². The number of pyridine rings is 1. The number of nitrogens with two attached hydrogens (primary N) is 1. The molecule has 2 N–H and O–H groups in total. The van der Waals surface area contributed by atoms with Crippen molar-refractivity contribution in [3.05, 3.63) is 46.0 Å². The fraction of sp³-hybridized carbons (Fsp3) is 0.467. The van der Waals surface area contributed by atoms with E-state index in [1.54, 1.807) is 0 Å². The second kappa shape index (κ2) is 6.99. The van der Waals surface area contributed by atoms with Gasteiger partial charge in [-0.15, -0.1) is 0 Å². The molecule has 0 bridgehead atoms. The Labute approximate surface area is 128 Å². The molecule has 2 rings (SSSR count). The molecule has 0 aliphatic rings. The fourth-order valence-corrected chi connectivity index (χ4v) is 3.07. The van der Waals surface area contributed by atoms with E-state index < -0.39 is 0 Å². The molecule has 4 nitrogen and oxygen atoms in total. The lowest BCUT2D eigenvalue weighted by Crippen LogP contribution is -2.25. The highest BCUT2D eigenvalue weighted by Gasteiger charge is 2.15. The van der Waals surface area contributed by atoms with E-state index in [1.807, 2.05) is 36.3 Å². The Bertz CT molecular complexity index is 551. The average Bonchev–Trinajstić information content (AvgIpc) is 2.73. The molecule has 0 spiro atoms. The third-order valence-electron chi connectivity index (χ3n) is 3.51. The first kappa shape index (κ1) is 15.2. The standard InChI is InChI=1S/C15H21BrN4/c1-3-13-15(16)14(20(2)19-13)10-12(17)5-4-11-6-8-18-9-7-11/h6-9,12H,3-5,10,17H2,1-2H3. The van der Waals surface area contributed by atoms with E-state index in [9.17, 15) is 0 Å². The van der Waals surface area contributed by atoms with Gasteiger partial charge in [-0.1, -0.05) is 6.92 Å². The van der Waals surface area contributed by atoms with Gasteiger partial charge in [0.05, 0.1) is 15.9 Å². The van der Waals surface area contributed by atoms with Gasteiger partial charge in [0.2, 0.25) is 0 Å². The number of hydrogen-bond donors (Lipinski definition) is 1. The number of halogens is 1. The van der Waals surface area contributed by atoms with Gasteiger partial charge < -0.3 is 5.73 Å². The minimum atomic E-state index is 0.138. The maximum Gasteiger partial charge on any atom is 0.0766 e. The normalized spacial score (nSPS) is 12.6. The van der Waals surface area contributed by atoms with Gasteiger partial charge in [-0.25, -0.2) is 0 Å². The summed E-state index contributed by atoms with van der Waals surface area (Å²) in [5.74, 6) is 0. The van der Waals surface area contributed by atoms with Crippen LogP contribution in [0.5, 0.6) is 0 Å². The number of nitrogens with zero attached hydrogens (tertiary/aromatic N) is 3. The fourth-order valence-electron chi connectivity index (χ4n) is 2.29. The molecule has 0 aromatic carbocycles. The molecular weight excluding hydrogens is 316 g/mol. The maximum absolute atomic E-state index is 6.26. The zero-order valence-corrected chi connectivity index (χ0v) is 13.6. The third kappa shape index (κ3) is 3.67. The minimum Gasteiger partial charge on any atom is -0.327 e. The molecule has 2 aromatic heterocycles. The zero-order chi connectivity index (χ0) is 14.5. The number of aryl methyl sites for hydroxylation is 3. The summed E-state index contributed by atoms with van der Waals surface area (Å²) in [6.07, 6.45) is 7.37. The smallest absolute Gasteiger partial charge is 0.0766 e. The van der Waals surface area contributed by atoms with Gasteiger partial charge in [-0.05, 0) is 52.9 Å². The lowest BCUT2D eigenvalue weighted by molar-refractivity contribution is 0.576. The first-order valence-electron chi connectivity index (χ1n) is 6.96. The molecule has 0 fully saturated rings. The zero-order valence-electron chi connectivity index (χ0n) is 12.0. The van der Waals surface area contributed by atoms with Crippen molar-refractivity contribution in [1.82, 2.24) is 14.8 Å². The van der Waals surface area contributed by atoms with Gasteiger partial charge >= 0.3 is 0 Å². The summed E-state index contributed by atoms with van der Waals surface area (Å²) in [4.78, 5) is 4.03. The van der Waals surface area contributed by atoms with E-state index in [4.69, 9.17) is 5.73 Å². The summed E-state index contributed by atoms with van der Waals surface area (Å²) in [7, 11) is 1.98. The second-order valence-corrected chi connectivity index (χ2v) is 5.84. The summed E-state index contributed by atoms with van der Waals surface area (Å²) in [5, 5.41) is 4.51. The Balaban J connectivity index is 1.95. The molecule has 2 aromatic rings. The van der Waals surface area contributed by atoms with Gasteiger partial charge in [0.15, 0.2) is 0 Å². The largest absolute Gasteiger partial charge is 0.327 e. The highest BCUT2D eigenvalue weighted by atomic mass is 79.9. The van der Waals surface area contributed by atoms with Gasteiger partial charge in [0.1, 0.15) is 0 Å². The molecular formula is C15H21BrN4.